The number of carbonyl (C=O) groups excluding carboxylic acids is 2. The second-order valence-corrected chi connectivity index (χ2v) is 7.54. The summed E-state index contributed by atoms with van der Waals surface area (Å²) in [5, 5.41) is 12.9. The van der Waals surface area contributed by atoms with Crippen molar-refractivity contribution in [2.75, 3.05) is 5.32 Å². The second kappa shape index (κ2) is 7.50. The molecule has 0 fully saturated rings. The highest BCUT2D eigenvalue weighted by Crippen LogP contribution is 2.35. The Hall–Kier alpha value is -2.90. The third-order valence-electron chi connectivity index (χ3n) is 4.84. The molecule has 0 aliphatic carbocycles. The number of halogens is 3. The highest BCUT2D eigenvalue weighted by molar-refractivity contribution is 6.34. The molecule has 3 aromatic rings. The first kappa shape index (κ1) is 19.4. The maximum absolute atomic E-state index is 14.5. The summed E-state index contributed by atoms with van der Waals surface area (Å²) in [6, 6.07) is 9.56. The normalized spacial score (nSPS) is 16.8. The smallest absolute Gasteiger partial charge is 0.254 e. The third-order valence-corrected chi connectivity index (χ3v) is 5.38. The van der Waals surface area contributed by atoms with E-state index in [0.29, 0.717) is 27.2 Å². The van der Waals surface area contributed by atoms with Crippen molar-refractivity contribution in [3.05, 3.63) is 69.2 Å². The van der Waals surface area contributed by atoms with E-state index in [1.807, 2.05) is 0 Å². The minimum absolute atomic E-state index is 0.0298. The van der Waals surface area contributed by atoms with Gasteiger partial charge in [0.05, 0.1) is 11.2 Å². The summed E-state index contributed by atoms with van der Waals surface area (Å²) >= 11 is 11.9. The predicted octanol–water partition coefficient (Wildman–Crippen LogP) is 4.53. The van der Waals surface area contributed by atoms with Gasteiger partial charge in [-0.15, -0.1) is 0 Å². The van der Waals surface area contributed by atoms with Crippen LogP contribution in [0.1, 0.15) is 24.8 Å². The summed E-state index contributed by atoms with van der Waals surface area (Å²) in [6.45, 7) is 1.64. The van der Waals surface area contributed by atoms with Crippen LogP contribution in [-0.4, -0.2) is 22.0 Å². The SMILES string of the molecule is CC1=C(C(=O)Nc2cc3c(Cl)n[nH]c3cc2F)C(c2ccc(Cl)cc2)CC(=O)N1. The number of hydrogen-bond donors (Lipinski definition) is 3. The lowest BCUT2D eigenvalue weighted by molar-refractivity contribution is -0.121. The lowest BCUT2D eigenvalue weighted by Crippen LogP contribution is -2.35. The Balaban J connectivity index is 1.71. The number of carbonyl (C=O) groups is 2. The molecule has 1 aliphatic heterocycles. The molecular weight excluding hydrogens is 418 g/mol. The fraction of sp³-hybridized carbons (Fsp3) is 0.150. The van der Waals surface area contributed by atoms with E-state index in [0.717, 1.165) is 5.56 Å². The molecular formula is C20H15Cl2FN4O2. The molecule has 4 rings (SSSR count). The van der Waals surface area contributed by atoms with E-state index in [1.165, 1.54) is 12.1 Å². The Morgan fingerprint density at radius 1 is 1.24 bits per heavy atom. The fourth-order valence-corrected chi connectivity index (χ4v) is 3.80. The van der Waals surface area contributed by atoms with Crippen LogP contribution in [0.3, 0.4) is 0 Å². The summed E-state index contributed by atoms with van der Waals surface area (Å²) in [5.74, 6) is -1.82. The van der Waals surface area contributed by atoms with Crippen molar-refractivity contribution in [2.24, 2.45) is 0 Å². The number of rotatable bonds is 3. The van der Waals surface area contributed by atoms with Gasteiger partial charge in [0.1, 0.15) is 5.82 Å². The molecule has 1 atom stereocenters. The molecule has 2 heterocycles. The van der Waals surface area contributed by atoms with Crippen LogP contribution in [0.15, 0.2) is 47.7 Å². The number of fused-ring (bicyclic) bond motifs is 1. The van der Waals surface area contributed by atoms with Crippen molar-refractivity contribution in [1.82, 2.24) is 15.5 Å². The molecule has 2 aromatic carbocycles. The van der Waals surface area contributed by atoms with Crippen LogP contribution in [0.4, 0.5) is 10.1 Å². The minimum Gasteiger partial charge on any atom is -0.330 e. The molecule has 0 spiro atoms. The van der Waals surface area contributed by atoms with Gasteiger partial charge in [-0.3, -0.25) is 14.7 Å². The van der Waals surface area contributed by atoms with Crippen LogP contribution < -0.4 is 10.6 Å². The van der Waals surface area contributed by atoms with Gasteiger partial charge in [-0.2, -0.15) is 5.10 Å². The van der Waals surface area contributed by atoms with Gasteiger partial charge in [-0.05, 0) is 30.7 Å². The Kier molecular flexibility index (Phi) is 5.02. The standard InChI is InChI=1S/C20H15Cl2FN4O2/c1-9-18(12(7-17(28)24-9)10-2-4-11(21)5-3-10)20(29)25-16-6-13-15(8-14(16)23)26-27-19(13)22/h2-6,8,12H,7H2,1H3,(H,24,28)(H,25,29)(H,26,27). The Labute approximate surface area is 175 Å². The zero-order valence-corrected chi connectivity index (χ0v) is 16.7. The quantitative estimate of drug-likeness (QED) is 0.568. The first-order chi connectivity index (χ1) is 13.8. The summed E-state index contributed by atoms with van der Waals surface area (Å²) in [7, 11) is 0. The molecule has 0 saturated carbocycles. The molecule has 0 saturated heterocycles. The van der Waals surface area contributed by atoms with E-state index >= 15 is 0 Å². The maximum Gasteiger partial charge on any atom is 0.254 e. The predicted molar refractivity (Wildman–Crippen MR) is 109 cm³/mol. The number of H-pyrrole nitrogens is 1. The summed E-state index contributed by atoms with van der Waals surface area (Å²) in [6.07, 6.45) is 0.0940. The first-order valence-corrected chi connectivity index (χ1v) is 9.49. The van der Waals surface area contributed by atoms with Gasteiger partial charge in [-0.1, -0.05) is 35.3 Å². The molecule has 6 nitrogen and oxygen atoms in total. The number of nitrogens with zero attached hydrogens (tertiary/aromatic N) is 1. The van der Waals surface area contributed by atoms with Crippen molar-refractivity contribution in [3.8, 4) is 0 Å². The molecule has 0 bridgehead atoms. The zero-order chi connectivity index (χ0) is 20.7. The van der Waals surface area contributed by atoms with Crippen LogP contribution in [-0.2, 0) is 9.59 Å². The summed E-state index contributed by atoms with van der Waals surface area (Å²) < 4.78 is 14.5. The van der Waals surface area contributed by atoms with Crippen molar-refractivity contribution in [2.45, 2.75) is 19.3 Å². The third kappa shape index (κ3) is 3.71. The Morgan fingerprint density at radius 2 is 1.97 bits per heavy atom. The Bertz CT molecular complexity index is 1170. The van der Waals surface area contributed by atoms with E-state index in [2.05, 4.69) is 20.8 Å². The summed E-state index contributed by atoms with van der Waals surface area (Å²) in [4.78, 5) is 25.1. The number of hydrogen-bond acceptors (Lipinski definition) is 3. The minimum atomic E-state index is -0.632. The number of nitrogens with one attached hydrogen (secondary N) is 3. The highest BCUT2D eigenvalue weighted by Gasteiger charge is 2.32. The number of anilines is 1. The van der Waals surface area contributed by atoms with Gasteiger partial charge in [0.15, 0.2) is 5.15 Å². The number of aromatic nitrogens is 2. The number of benzene rings is 2. The Morgan fingerprint density at radius 3 is 2.69 bits per heavy atom. The largest absolute Gasteiger partial charge is 0.330 e. The van der Waals surface area contributed by atoms with Crippen LogP contribution in [0.5, 0.6) is 0 Å². The molecule has 1 aliphatic rings. The molecule has 3 N–H and O–H groups in total. The van der Waals surface area contributed by atoms with Gasteiger partial charge >= 0.3 is 0 Å². The maximum atomic E-state index is 14.5. The zero-order valence-electron chi connectivity index (χ0n) is 15.1. The van der Waals surface area contributed by atoms with Gasteiger partial charge < -0.3 is 10.6 Å². The second-order valence-electron chi connectivity index (χ2n) is 6.74. The van der Waals surface area contributed by atoms with E-state index in [-0.39, 0.29) is 23.2 Å². The van der Waals surface area contributed by atoms with Crippen LogP contribution >= 0.6 is 23.2 Å². The molecule has 9 heteroatoms. The lowest BCUT2D eigenvalue weighted by atomic mass is 9.84. The van der Waals surface area contributed by atoms with E-state index in [1.54, 1.807) is 31.2 Å². The van der Waals surface area contributed by atoms with Crippen LogP contribution in [0.2, 0.25) is 10.2 Å². The topological polar surface area (TPSA) is 86.9 Å². The van der Waals surface area contributed by atoms with Crippen molar-refractivity contribution in [1.29, 1.82) is 0 Å². The summed E-state index contributed by atoms with van der Waals surface area (Å²) in [5.41, 5.74) is 1.93. The monoisotopic (exact) mass is 432 g/mol. The van der Waals surface area contributed by atoms with Crippen molar-refractivity contribution < 1.29 is 14.0 Å². The average molecular weight is 433 g/mol. The first-order valence-electron chi connectivity index (χ1n) is 8.74. The van der Waals surface area contributed by atoms with Crippen LogP contribution in [0, 0.1) is 5.82 Å². The molecule has 29 heavy (non-hydrogen) atoms. The number of amides is 2. The van der Waals surface area contributed by atoms with Crippen molar-refractivity contribution in [3.63, 3.8) is 0 Å². The highest BCUT2D eigenvalue weighted by atomic mass is 35.5. The molecule has 1 unspecified atom stereocenters. The molecule has 1 aromatic heterocycles. The average Bonchev–Trinajstić information content (AvgIpc) is 3.01. The molecule has 148 valence electrons. The van der Waals surface area contributed by atoms with Gasteiger partial charge in [0.25, 0.3) is 5.91 Å². The van der Waals surface area contributed by atoms with Crippen LogP contribution in [0.25, 0.3) is 10.9 Å². The van der Waals surface area contributed by atoms with Crippen molar-refractivity contribution >= 4 is 51.6 Å². The molecule has 0 radical (unpaired) electrons. The van der Waals surface area contributed by atoms with Gasteiger partial charge in [0.2, 0.25) is 5.91 Å². The van der Waals surface area contributed by atoms with E-state index in [9.17, 15) is 14.0 Å². The van der Waals surface area contributed by atoms with E-state index < -0.39 is 17.6 Å². The lowest BCUT2D eigenvalue weighted by Gasteiger charge is -2.27. The fourth-order valence-electron chi connectivity index (χ4n) is 3.48. The molecule has 2 amide bonds. The van der Waals surface area contributed by atoms with Gasteiger partial charge in [-0.25, -0.2) is 4.39 Å². The number of allylic oxidation sites excluding steroid dienone is 1. The van der Waals surface area contributed by atoms with Gasteiger partial charge in [0, 0.05) is 40.1 Å². The number of aromatic amines is 1. The van der Waals surface area contributed by atoms with E-state index in [4.69, 9.17) is 23.2 Å².